The highest BCUT2D eigenvalue weighted by atomic mass is 16.3. The first-order chi connectivity index (χ1) is 12.4. The lowest BCUT2D eigenvalue weighted by Gasteiger charge is -2.38. The Bertz CT molecular complexity index is 757. The first kappa shape index (κ1) is 18.3. The number of anilines is 1. The minimum Gasteiger partial charge on any atom is -0.382 e. The Kier molecular flexibility index (Phi) is 5.22. The highest BCUT2D eigenvalue weighted by molar-refractivity contribution is 5.94. The molecule has 8 heteroatoms. The van der Waals surface area contributed by atoms with E-state index >= 15 is 0 Å². The zero-order chi connectivity index (χ0) is 18.7. The van der Waals surface area contributed by atoms with Crippen LogP contribution < -0.4 is 10.2 Å². The van der Waals surface area contributed by atoms with E-state index in [1.165, 1.54) is 0 Å². The van der Waals surface area contributed by atoms with Crippen molar-refractivity contribution in [3.8, 4) is 0 Å². The lowest BCUT2D eigenvalue weighted by atomic mass is 9.90. The largest absolute Gasteiger partial charge is 0.382 e. The number of β-amino-alcohol motifs (C(OH)–C–C–N with tert-alkyl or cyclic N) is 1. The fourth-order valence-corrected chi connectivity index (χ4v) is 3.15. The molecule has 26 heavy (non-hydrogen) atoms. The van der Waals surface area contributed by atoms with Crippen LogP contribution in [-0.4, -0.2) is 50.6 Å². The van der Waals surface area contributed by atoms with E-state index in [0.717, 1.165) is 18.8 Å². The first-order valence-corrected chi connectivity index (χ1v) is 9.07. The number of carbonyl (C=O) groups is 1. The molecule has 140 valence electrons. The van der Waals surface area contributed by atoms with E-state index in [0.29, 0.717) is 30.8 Å². The van der Waals surface area contributed by atoms with Crippen LogP contribution in [0.5, 0.6) is 0 Å². The molecule has 1 atom stereocenters. The molecule has 1 aliphatic heterocycles. The summed E-state index contributed by atoms with van der Waals surface area (Å²) < 4.78 is 1.76. The SMILES string of the molecule is CCNC(=O)c1ccc(N2CCCC(O)(c3cn(C(C)C)nn3)C2)nc1. The Hall–Kier alpha value is -2.48. The zero-order valence-corrected chi connectivity index (χ0v) is 15.5. The van der Waals surface area contributed by atoms with Gasteiger partial charge in [-0.2, -0.15) is 0 Å². The molecular weight excluding hydrogens is 332 g/mol. The molecule has 0 aromatic carbocycles. The second-order valence-electron chi connectivity index (χ2n) is 7.00. The number of aliphatic hydroxyl groups is 1. The van der Waals surface area contributed by atoms with Crippen LogP contribution in [0.25, 0.3) is 0 Å². The van der Waals surface area contributed by atoms with E-state index < -0.39 is 5.60 Å². The molecule has 3 heterocycles. The molecule has 0 spiro atoms. The minimum atomic E-state index is -1.05. The van der Waals surface area contributed by atoms with Gasteiger partial charge >= 0.3 is 0 Å². The number of amides is 1. The lowest BCUT2D eigenvalue weighted by molar-refractivity contribution is 0.0174. The van der Waals surface area contributed by atoms with Gasteiger partial charge in [0.2, 0.25) is 0 Å². The number of rotatable bonds is 5. The van der Waals surface area contributed by atoms with Crippen molar-refractivity contribution in [2.45, 2.75) is 45.3 Å². The number of aromatic nitrogens is 4. The van der Waals surface area contributed by atoms with Crippen LogP contribution in [0.3, 0.4) is 0 Å². The molecule has 0 radical (unpaired) electrons. The maximum Gasteiger partial charge on any atom is 0.252 e. The summed E-state index contributed by atoms with van der Waals surface area (Å²) in [5.74, 6) is 0.611. The molecular formula is C18H26N6O2. The molecule has 1 fully saturated rings. The molecule has 3 rings (SSSR count). The predicted octanol–water partition coefficient (Wildman–Crippen LogP) is 1.49. The van der Waals surface area contributed by atoms with Crippen molar-refractivity contribution in [2.24, 2.45) is 0 Å². The summed E-state index contributed by atoms with van der Waals surface area (Å²) >= 11 is 0. The average molecular weight is 358 g/mol. The summed E-state index contributed by atoms with van der Waals surface area (Å²) in [7, 11) is 0. The van der Waals surface area contributed by atoms with Crippen LogP contribution in [0.2, 0.25) is 0 Å². The Balaban J connectivity index is 1.76. The van der Waals surface area contributed by atoms with Gasteiger partial charge < -0.3 is 15.3 Å². The van der Waals surface area contributed by atoms with Gasteiger partial charge in [-0.3, -0.25) is 4.79 Å². The Morgan fingerprint density at radius 2 is 2.23 bits per heavy atom. The molecule has 1 saturated heterocycles. The number of carbonyl (C=O) groups excluding carboxylic acids is 1. The van der Waals surface area contributed by atoms with E-state index in [2.05, 4.69) is 20.6 Å². The van der Waals surface area contributed by atoms with Crippen molar-refractivity contribution in [2.75, 3.05) is 24.5 Å². The summed E-state index contributed by atoms with van der Waals surface area (Å²) in [6.07, 6.45) is 4.85. The van der Waals surface area contributed by atoms with E-state index in [1.54, 1.807) is 16.9 Å². The van der Waals surface area contributed by atoms with Gasteiger partial charge in [0.05, 0.1) is 18.3 Å². The molecule has 0 saturated carbocycles. The van der Waals surface area contributed by atoms with Gasteiger partial charge in [0.1, 0.15) is 17.1 Å². The fraction of sp³-hybridized carbons (Fsp3) is 0.556. The second-order valence-corrected chi connectivity index (χ2v) is 7.00. The molecule has 1 unspecified atom stereocenters. The third kappa shape index (κ3) is 3.70. The standard InChI is InChI=1S/C18H26N6O2/c1-4-19-17(25)14-6-7-16(20-10-14)23-9-5-8-18(26,12-23)15-11-24(13(2)3)22-21-15/h6-7,10-11,13,26H,4-5,8-9,12H2,1-3H3,(H,19,25). The number of nitrogens with one attached hydrogen (secondary N) is 1. The van der Waals surface area contributed by atoms with Crippen molar-refractivity contribution in [3.05, 3.63) is 35.8 Å². The number of nitrogens with zero attached hydrogens (tertiary/aromatic N) is 5. The highest BCUT2D eigenvalue weighted by Gasteiger charge is 2.38. The average Bonchev–Trinajstić information content (AvgIpc) is 3.13. The third-order valence-corrected chi connectivity index (χ3v) is 4.66. The summed E-state index contributed by atoms with van der Waals surface area (Å²) in [4.78, 5) is 18.3. The lowest BCUT2D eigenvalue weighted by Crippen LogP contribution is -2.46. The quantitative estimate of drug-likeness (QED) is 0.841. The van der Waals surface area contributed by atoms with Crippen molar-refractivity contribution in [1.82, 2.24) is 25.3 Å². The van der Waals surface area contributed by atoms with Crippen LogP contribution >= 0.6 is 0 Å². The van der Waals surface area contributed by atoms with Crippen molar-refractivity contribution < 1.29 is 9.90 Å². The van der Waals surface area contributed by atoms with E-state index in [4.69, 9.17) is 0 Å². The van der Waals surface area contributed by atoms with Crippen LogP contribution in [0.15, 0.2) is 24.5 Å². The molecule has 0 aliphatic carbocycles. The van der Waals surface area contributed by atoms with Crippen LogP contribution in [0.1, 0.15) is 55.7 Å². The summed E-state index contributed by atoms with van der Waals surface area (Å²) in [6, 6.07) is 3.78. The Labute approximate surface area is 153 Å². The monoisotopic (exact) mass is 358 g/mol. The molecule has 1 amide bonds. The number of hydrogen-bond donors (Lipinski definition) is 2. The molecule has 2 aromatic heterocycles. The van der Waals surface area contributed by atoms with Crippen molar-refractivity contribution in [3.63, 3.8) is 0 Å². The van der Waals surface area contributed by atoms with Gasteiger partial charge in [-0.05, 0) is 45.7 Å². The topological polar surface area (TPSA) is 96.2 Å². The van der Waals surface area contributed by atoms with Crippen molar-refractivity contribution in [1.29, 1.82) is 0 Å². The number of hydrogen-bond acceptors (Lipinski definition) is 6. The summed E-state index contributed by atoms with van der Waals surface area (Å²) in [6.45, 7) is 7.71. The summed E-state index contributed by atoms with van der Waals surface area (Å²) in [5, 5.41) is 22.2. The Morgan fingerprint density at radius 1 is 1.42 bits per heavy atom. The van der Waals surface area contributed by atoms with Crippen molar-refractivity contribution >= 4 is 11.7 Å². The van der Waals surface area contributed by atoms with Gasteiger partial charge in [-0.1, -0.05) is 5.21 Å². The second kappa shape index (κ2) is 7.41. The summed E-state index contributed by atoms with van der Waals surface area (Å²) in [5.41, 5.74) is 0.0725. The van der Waals surface area contributed by atoms with Gasteiger partial charge in [-0.25, -0.2) is 9.67 Å². The molecule has 0 bridgehead atoms. The van der Waals surface area contributed by atoms with Gasteiger partial charge in [-0.15, -0.1) is 5.10 Å². The van der Waals surface area contributed by atoms with Gasteiger partial charge in [0.15, 0.2) is 0 Å². The van der Waals surface area contributed by atoms with Crippen LogP contribution in [-0.2, 0) is 5.60 Å². The zero-order valence-electron chi connectivity index (χ0n) is 15.5. The maximum atomic E-state index is 11.9. The smallest absolute Gasteiger partial charge is 0.252 e. The fourth-order valence-electron chi connectivity index (χ4n) is 3.15. The van der Waals surface area contributed by atoms with E-state index in [1.807, 2.05) is 37.9 Å². The predicted molar refractivity (Wildman–Crippen MR) is 98.0 cm³/mol. The Morgan fingerprint density at radius 3 is 2.85 bits per heavy atom. The third-order valence-electron chi connectivity index (χ3n) is 4.66. The normalized spacial score (nSPS) is 20.4. The van der Waals surface area contributed by atoms with E-state index in [9.17, 15) is 9.90 Å². The van der Waals surface area contributed by atoms with Gasteiger partial charge in [0, 0.05) is 25.3 Å². The van der Waals surface area contributed by atoms with Crippen LogP contribution in [0.4, 0.5) is 5.82 Å². The maximum absolute atomic E-state index is 11.9. The molecule has 8 nitrogen and oxygen atoms in total. The number of pyridine rings is 1. The van der Waals surface area contributed by atoms with E-state index in [-0.39, 0.29) is 11.9 Å². The van der Waals surface area contributed by atoms with Crippen LogP contribution in [0, 0.1) is 0 Å². The first-order valence-electron chi connectivity index (χ1n) is 9.07. The highest BCUT2D eigenvalue weighted by Crippen LogP contribution is 2.32. The number of piperidine rings is 1. The van der Waals surface area contributed by atoms with Gasteiger partial charge in [0.25, 0.3) is 5.91 Å². The molecule has 2 aromatic rings. The minimum absolute atomic E-state index is 0.132. The molecule has 1 aliphatic rings. The molecule has 2 N–H and O–H groups in total.